The van der Waals surface area contributed by atoms with Crippen LogP contribution in [0, 0.1) is 5.92 Å². The molecule has 0 radical (unpaired) electrons. The second-order valence-corrected chi connectivity index (χ2v) is 6.50. The van der Waals surface area contributed by atoms with Gasteiger partial charge in [-0.3, -0.25) is 0 Å². The van der Waals surface area contributed by atoms with E-state index in [0.29, 0.717) is 17.4 Å². The SMILES string of the molecule is NC1(CCC2CS(=O)(=O)C2)CC1. The summed E-state index contributed by atoms with van der Waals surface area (Å²) in [7, 11) is -2.62. The maximum absolute atomic E-state index is 10.8. The predicted octanol–water partition coefficient (Wildman–Crippen LogP) is 0.302. The highest BCUT2D eigenvalue weighted by Gasteiger charge is 2.40. The van der Waals surface area contributed by atoms with Gasteiger partial charge in [-0.15, -0.1) is 0 Å². The van der Waals surface area contributed by atoms with Crippen LogP contribution in [0.1, 0.15) is 25.7 Å². The van der Waals surface area contributed by atoms with E-state index < -0.39 is 9.84 Å². The minimum absolute atomic E-state index is 0.0966. The largest absolute Gasteiger partial charge is 0.325 e. The van der Waals surface area contributed by atoms with Crippen LogP contribution in [0.2, 0.25) is 0 Å². The van der Waals surface area contributed by atoms with Crippen LogP contribution in [0.4, 0.5) is 0 Å². The van der Waals surface area contributed by atoms with Gasteiger partial charge in [0.1, 0.15) is 0 Å². The molecule has 0 atom stereocenters. The van der Waals surface area contributed by atoms with Crippen LogP contribution in [0.5, 0.6) is 0 Å². The standard InChI is InChI=1S/C8H15NO2S/c9-8(3-4-8)2-1-7-5-12(10,11)6-7/h7H,1-6,9H2. The van der Waals surface area contributed by atoms with Crippen LogP contribution in [0.25, 0.3) is 0 Å². The summed E-state index contributed by atoms with van der Waals surface area (Å²) in [6.45, 7) is 0. The summed E-state index contributed by atoms with van der Waals surface area (Å²) < 4.78 is 21.6. The quantitative estimate of drug-likeness (QED) is 0.694. The Balaban J connectivity index is 1.70. The van der Waals surface area contributed by atoms with Crippen LogP contribution in [0.15, 0.2) is 0 Å². The topological polar surface area (TPSA) is 60.2 Å². The van der Waals surface area contributed by atoms with Crippen molar-refractivity contribution in [2.24, 2.45) is 11.7 Å². The Labute approximate surface area is 73.2 Å². The van der Waals surface area contributed by atoms with Gasteiger partial charge in [0.15, 0.2) is 9.84 Å². The maximum Gasteiger partial charge on any atom is 0.150 e. The lowest BCUT2D eigenvalue weighted by Gasteiger charge is -2.26. The first-order valence-electron chi connectivity index (χ1n) is 4.48. The van der Waals surface area contributed by atoms with E-state index in [1.54, 1.807) is 0 Å². The Morgan fingerprint density at radius 2 is 1.92 bits per heavy atom. The van der Waals surface area contributed by atoms with Crippen LogP contribution >= 0.6 is 0 Å². The van der Waals surface area contributed by atoms with Crippen molar-refractivity contribution < 1.29 is 8.42 Å². The molecule has 0 bridgehead atoms. The van der Waals surface area contributed by atoms with Gasteiger partial charge in [-0.05, 0) is 31.6 Å². The van der Waals surface area contributed by atoms with Crippen LogP contribution in [-0.4, -0.2) is 25.5 Å². The summed E-state index contributed by atoms with van der Waals surface area (Å²) in [4.78, 5) is 0. The molecule has 70 valence electrons. The molecule has 0 amide bonds. The number of hydrogen-bond acceptors (Lipinski definition) is 3. The molecule has 2 fully saturated rings. The van der Waals surface area contributed by atoms with E-state index in [0.717, 1.165) is 25.7 Å². The highest BCUT2D eigenvalue weighted by molar-refractivity contribution is 7.92. The summed E-state index contributed by atoms with van der Waals surface area (Å²) in [5, 5.41) is 0. The molecule has 1 saturated carbocycles. The molecule has 0 unspecified atom stereocenters. The number of hydrogen-bond donors (Lipinski definition) is 1. The molecule has 1 heterocycles. The van der Waals surface area contributed by atoms with Crippen LogP contribution in [-0.2, 0) is 9.84 Å². The summed E-state index contributed by atoms with van der Waals surface area (Å²) >= 11 is 0. The first-order chi connectivity index (χ1) is 5.49. The predicted molar refractivity (Wildman–Crippen MR) is 47.5 cm³/mol. The van der Waals surface area contributed by atoms with Gasteiger partial charge in [0.2, 0.25) is 0 Å². The van der Waals surface area contributed by atoms with E-state index in [1.165, 1.54) is 0 Å². The average Bonchev–Trinajstić information content (AvgIpc) is 2.60. The van der Waals surface area contributed by atoms with Crippen LogP contribution in [0.3, 0.4) is 0 Å². The molecule has 12 heavy (non-hydrogen) atoms. The zero-order chi connectivity index (χ0) is 8.82. The summed E-state index contributed by atoms with van der Waals surface area (Å²) in [5.41, 5.74) is 5.99. The maximum atomic E-state index is 10.8. The fourth-order valence-corrected chi connectivity index (χ4v) is 3.41. The summed E-state index contributed by atoms with van der Waals surface area (Å²) in [6.07, 6.45) is 4.29. The minimum atomic E-state index is -2.62. The van der Waals surface area contributed by atoms with Crippen LogP contribution < -0.4 is 5.73 Å². The lowest BCUT2D eigenvalue weighted by molar-refractivity contribution is 0.452. The normalized spacial score (nSPS) is 31.1. The Morgan fingerprint density at radius 1 is 1.33 bits per heavy atom. The first-order valence-corrected chi connectivity index (χ1v) is 6.31. The molecular formula is C8H15NO2S. The van der Waals surface area contributed by atoms with Crippen molar-refractivity contribution in [2.45, 2.75) is 31.2 Å². The molecule has 1 aliphatic heterocycles. The molecule has 2 rings (SSSR count). The van der Waals surface area contributed by atoms with Crippen molar-refractivity contribution in [3.05, 3.63) is 0 Å². The zero-order valence-electron chi connectivity index (χ0n) is 7.12. The van der Waals surface area contributed by atoms with E-state index in [-0.39, 0.29) is 5.54 Å². The summed E-state index contributed by atoms with van der Waals surface area (Å²) in [5.74, 6) is 1.22. The van der Waals surface area contributed by atoms with Gasteiger partial charge in [-0.25, -0.2) is 8.42 Å². The monoisotopic (exact) mass is 189 g/mol. The van der Waals surface area contributed by atoms with Crippen molar-refractivity contribution in [3.8, 4) is 0 Å². The fraction of sp³-hybridized carbons (Fsp3) is 1.00. The number of nitrogens with two attached hydrogens (primary N) is 1. The molecule has 0 aromatic rings. The third-order valence-electron chi connectivity index (χ3n) is 2.92. The van der Waals surface area contributed by atoms with Gasteiger partial charge in [-0.1, -0.05) is 0 Å². The van der Waals surface area contributed by atoms with Crippen molar-refractivity contribution in [2.75, 3.05) is 11.5 Å². The molecule has 2 N–H and O–H groups in total. The molecule has 0 aromatic heterocycles. The molecular weight excluding hydrogens is 174 g/mol. The molecule has 0 spiro atoms. The molecule has 2 aliphatic rings. The second kappa shape index (κ2) is 2.45. The van der Waals surface area contributed by atoms with Crippen molar-refractivity contribution in [3.63, 3.8) is 0 Å². The van der Waals surface area contributed by atoms with Crippen molar-refractivity contribution in [1.29, 1.82) is 0 Å². The minimum Gasteiger partial charge on any atom is -0.325 e. The fourth-order valence-electron chi connectivity index (χ4n) is 1.74. The highest BCUT2D eigenvalue weighted by atomic mass is 32.2. The van der Waals surface area contributed by atoms with Gasteiger partial charge in [-0.2, -0.15) is 0 Å². The summed E-state index contributed by atoms with van der Waals surface area (Å²) in [6, 6.07) is 0. The Bertz CT molecular complexity index is 267. The van der Waals surface area contributed by atoms with Gasteiger partial charge >= 0.3 is 0 Å². The average molecular weight is 189 g/mol. The highest BCUT2D eigenvalue weighted by Crippen LogP contribution is 2.38. The van der Waals surface area contributed by atoms with E-state index in [4.69, 9.17) is 5.73 Å². The van der Waals surface area contributed by atoms with Gasteiger partial charge in [0.05, 0.1) is 11.5 Å². The number of rotatable bonds is 3. The Kier molecular flexibility index (Phi) is 1.74. The lowest BCUT2D eigenvalue weighted by atomic mass is 10.0. The number of sulfone groups is 1. The van der Waals surface area contributed by atoms with Gasteiger partial charge in [0, 0.05) is 5.54 Å². The molecule has 3 nitrogen and oxygen atoms in total. The van der Waals surface area contributed by atoms with E-state index in [9.17, 15) is 8.42 Å². The Morgan fingerprint density at radius 3 is 2.33 bits per heavy atom. The van der Waals surface area contributed by atoms with E-state index >= 15 is 0 Å². The zero-order valence-corrected chi connectivity index (χ0v) is 7.94. The van der Waals surface area contributed by atoms with Crippen molar-refractivity contribution in [1.82, 2.24) is 0 Å². The molecule has 0 aromatic carbocycles. The Hall–Kier alpha value is -0.0900. The van der Waals surface area contributed by atoms with Gasteiger partial charge in [0.25, 0.3) is 0 Å². The van der Waals surface area contributed by atoms with Crippen molar-refractivity contribution >= 4 is 9.84 Å². The molecule has 1 aliphatic carbocycles. The third-order valence-corrected chi connectivity index (χ3v) is 4.88. The van der Waals surface area contributed by atoms with E-state index in [2.05, 4.69) is 0 Å². The third kappa shape index (κ3) is 1.80. The lowest BCUT2D eigenvalue weighted by Crippen LogP contribution is -2.37. The van der Waals surface area contributed by atoms with Gasteiger partial charge < -0.3 is 5.73 Å². The molecule has 1 saturated heterocycles. The smallest absolute Gasteiger partial charge is 0.150 e. The molecule has 4 heteroatoms. The first kappa shape index (κ1) is 8.51. The van der Waals surface area contributed by atoms with E-state index in [1.807, 2.05) is 0 Å². The second-order valence-electron chi connectivity index (χ2n) is 4.34.